The first-order valence-electron chi connectivity index (χ1n) is 7.86. The van der Waals surface area contributed by atoms with E-state index in [1.807, 2.05) is 24.3 Å². The van der Waals surface area contributed by atoms with Crippen LogP contribution in [0.25, 0.3) is 0 Å². The molecule has 0 aromatic heterocycles. The van der Waals surface area contributed by atoms with Gasteiger partial charge in [0.1, 0.15) is 12.4 Å². The number of amides is 2. The van der Waals surface area contributed by atoms with Gasteiger partial charge in [0, 0.05) is 18.3 Å². The van der Waals surface area contributed by atoms with Crippen molar-refractivity contribution in [2.75, 3.05) is 18.5 Å². The Bertz CT molecular complexity index is 513. The Morgan fingerprint density at radius 1 is 1.23 bits per heavy atom. The van der Waals surface area contributed by atoms with E-state index in [1.165, 1.54) is 0 Å². The van der Waals surface area contributed by atoms with Gasteiger partial charge in [0.25, 0.3) is 0 Å². The van der Waals surface area contributed by atoms with Crippen LogP contribution in [-0.2, 0) is 4.74 Å². The van der Waals surface area contributed by atoms with Crippen LogP contribution in [0.2, 0.25) is 0 Å². The molecule has 2 aliphatic rings. The number of carbonyl (C=O) groups excluding carboxylic acids is 1. The molecule has 5 nitrogen and oxygen atoms in total. The third-order valence-electron chi connectivity index (χ3n) is 3.92. The van der Waals surface area contributed by atoms with Gasteiger partial charge in [0.15, 0.2) is 0 Å². The molecule has 1 saturated heterocycles. The van der Waals surface area contributed by atoms with Gasteiger partial charge in [-0.3, -0.25) is 0 Å². The summed E-state index contributed by atoms with van der Waals surface area (Å²) >= 11 is 0. The van der Waals surface area contributed by atoms with E-state index in [9.17, 15) is 4.79 Å². The fraction of sp³-hybridized carbons (Fsp3) is 0.471. The highest BCUT2D eigenvalue weighted by Crippen LogP contribution is 2.18. The van der Waals surface area contributed by atoms with Gasteiger partial charge < -0.3 is 20.1 Å². The van der Waals surface area contributed by atoms with Crippen LogP contribution >= 0.6 is 0 Å². The quantitative estimate of drug-likeness (QED) is 0.822. The van der Waals surface area contributed by atoms with Gasteiger partial charge >= 0.3 is 6.03 Å². The first-order valence-corrected chi connectivity index (χ1v) is 7.86. The topological polar surface area (TPSA) is 59.6 Å². The van der Waals surface area contributed by atoms with E-state index < -0.39 is 0 Å². The van der Waals surface area contributed by atoms with Crippen LogP contribution in [0.1, 0.15) is 25.7 Å². The molecular formula is C17H22N2O3. The molecule has 0 spiro atoms. The van der Waals surface area contributed by atoms with Crippen LogP contribution in [0.4, 0.5) is 10.5 Å². The van der Waals surface area contributed by atoms with Gasteiger partial charge in [-0.1, -0.05) is 12.2 Å². The maximum Gasteiger partial charge on any atom is 0.319 e. The smallest absolute Gasteiger partial charge is 0.319 e. The lowest BCUT2D eigenvalue weighted by atomic mass is 10.2. The van der Waals surface area contributed by atoms with Gasteiger partial charge in [-0.25, -0.2) is 4.79 Å². The third kappa shape index (κ3) is 4.24. The number of nitrogens with one attached hydrogen (secondary N) is 2. The fourth-order valence-corrected chi connectivity index (χ4v) is 2.69. The highest BCUT2D eigenvalue weighted by atomic mass is 16.5. The SMILES string of the molecule is O=C(Nc1ccc(OCC2CCCO2)cc1)NC1CC=CC1. The first kappa shape index (κ1) is 14.9. The molecule has 0 radical (unpaired) electrons. The molecule has 1 unspecified atom stereocenters. The highest BCUT2D eigenvalue weighted by Gasteiger charge is 2.16. The maximum atomic E-state index is 11.9. The molecule has 1 aromatic carbocycles. The molecule has 1 heterocycles. The lowest BCUT2D eigenvalue weighted by Crippen LogP contribution is -2.36. The second-order valence-electron chi connectivity index (χ2n) is 5.71. The van der Waals surface area contributed by atoms with Crippen LogP contribution in [0.5, 0.6) is 5.75 Å². The largest absolute Gasteiger partial charge is 0.491 e. The average molecular weight is 302 g/mol. The Hall–Kier alpha value is -2.01. The molecule has 5 heteroatoms. The van der Waals surface area contributed by atoms with Gasteiger partial charge in [-0.05, 0) is 49.9 Å². The second kappa shape index (κ2) is 7.31. The number of hydrogen-bond donors (Lipinski definition) is 2. The average Bonchev–Trinajstić information content (AvgIpc) is 3.20. The van der Waals surface area contributed by atoms with Gasteiger partial charge in [-0.2, -0.15) is 0 Å². The minimum Gasteiger partial charge on any atom is -0.491 e. The molecule has 0 bridgehead atoms. The summed E-state index contributed by atoms with van der Waals surface area (Å²) in [4.78, 5) is 11.9. The van der Waals surface area contributed by atoms with Gasteiger partial charge in [-0.15, -0.1) is 0 Å². The van der Waals surface area contributed by atoms with E-state index in [2.05, 4.69) is 22.8 Å². The number of rotatable bonds is 5. The minimum absolute atomic E-state index is 0.165. The molecule has 22 heavy (non-hydrogen) atoms. The zero-order valence-corrected chi connectivity index (χ0v) is 12.6. The lowest BCUT2D eigenvalue weighted by Gasteiger charge is -2.14. The monoisotopic (exact) mass is 302 g/mol. The molecule has 1 atom stereocenters. The van der Waals surface area contributed by atoms with Crippen molar-refractivity contribution in [3.8, 4) is 5.75 Å². The van der Waals surface area contributed by atoms with Crippen molar-refractivity contribution in [1.29, 1.82) is 0 Å². The Morgan fingerprint density at radius 3 is 2.68 bits per heavy atom. The Balaban J connectivity index is 1.43. The van der Waals surface area contributed by atoms with Crippen LogP contribution < -0.4 is 15.4 Å². The van der Waals surface area contributed by atoms with E-state index in [-0.39, 0.29) is 18.2 Å². The molecule has 3 rings (SSSR count). The van der Waals surface area contributed by atoms with E-state index in [1.54, 1.807) is 0 Å². The molecule has 2 N–H and O–H groups in total. The molecule has 1 aromatic rings. The van der Waals surface area contributed by atoms with Crippen molar-refractivity contribution in [2.24, 2.45) is 0 Å². The predicted octanol–water partition coefficient (Wildman–Crippen LogP) is 3.08. The molecule has 118 valence electrons. The number of urea groups is 1. The Labute approximate surface area is 130 Å². The molecule has 1 fully saturated rings. The van der Waals surface area contributed by atoms with Crippen LogP contribution in [0.3, 0.4) is 0 Å². The summed E-state index contributed by atoms with van der Waals surface area (Å²) < 4.78 is 11.2. The molecular weight excluding hydrogens is 280 g/mol. The molecule has 0 saturated carbocycles. The highest BCUT2D eigenvalue weighted by molar-refractivity contribution is 5.89. The third-order valence-corrected chi connectivity index (χ3v) is 3.92. The van der Waals surface area contributed by atoms with Crippen molar-refractivity contribution in [2.45, 2.75) is 37.8 Å². The van der Waals surface area contributed by atoms with E-state index >= 15 is 0 Å². The first-order chi connectivity index (χ1) is 10.8. The predicted molar refractivity (Wildman–Crippen MR) is 85.2 cm³/mol. The Morgan fingerprint density at radius 2 is 2.00 bits per heavy atom. The van der Waals surface area contributed by atoms with E-state index in [0.29, 0.717) is 6.61 Å². The molecule has 1 aliphatic heterocycles. The molecule has 2 amide bonds. The lowest BCUT2D eigenvalue weighted by molar-refractivity contribution is 0.0679. The minimum atomic E-state index is -0.165. The summed E-state index contributed by atoms with van der Waals surface area (Å²) in [7, 11) is 0. The van der Waals surface area contributed by atoms with Crippen LogP contribution in [0.15, 0.2) is 36.4 Å². The number of hydrogen-bond acceptors (Lipinski definition) is 3. The Kier molecular flexibility index (Phi) is 4.96. The van der Waals surface area contributed by atoms with Crippen molar-refractivity contribution in [1.82, 2.24) is 5.32 Å². The van der Waals surface area contributed by atoms with Crippen LogP contribution in [0, 0.1) is 0 Å². The zero-order valence-electron chi connectivity index (χ0n) is 12.6. The second-order valence-corrected chi connectivity index (χ2v) is 5.71. The number of carbonyl (C=O) groups is 1. The van der Waals surface area contributed by atoms with Gasteiger partial charge in [0.05, 0.1) is 6.10 Å². The van der Waals surface area contributed by atoms with Crippen molar-refractivity contribution in [3.63, 3.8) is 0 Å². The van der Waals surface area contributed by atoms with E-state index in [0.717, 1.165) is 43.7 Å². The standard InChI is InChI=1S/C17H22N2O3/c20-17(18-13-4-1-2-5-13)19-14-7-9-15(10-8-14)22-12-16-6-3-11-21-16/h1-2,7-10,13,16H,3-6,11-12H2,(H2,18,19,20). The number of ether oxygens (including phenoxy) is 2. The van der Waals surface area contributed by atoms with Crippen molar-refractivity contribution in [3.05, 3.63) is 36.4 Å². The molecule has 1 aliphatic carbocycles. The normalized spacial score (nSPS) is 21.0. The van der Waals surface area contributed by atoms with Gasteiger partial charge in [0.2, 0.25) is 0 Å². The maximum absolute atomic E-state index is 11.9. The van der Waals surface area contributed by atoms with Crippen molar-refractivity contribution < 1.29 is 14.3 Å². The summed E-state index contributed by atoms with van der Waals surface area (Å²) in [5, 5.41) is 5.78. The number of anilines is 1. The van der Waals surface area contributed by atoms with E-state index in [4.69, 9.17) is 9.47 Å². The summed E-state index contributed by atoms with van der Waals surface area (Å²) in [6.07, 6.45) is 8.38. The van der Waals surface area contributed by atoms with Crippen LogP contribution in [-0.4, -0.2) is 31.4 Å². The summed E-state index contributed by atoms with van der Waals surface area (Å²) in [5.74, 6) is 0.793. The van der Waals surface area contributed by atoms with Crippen molar-refractivity contribution >= 4 is 11.7 Å². The summed E-state index contributed by atoms with van der Waals surface area (Å²) in [5.41, 5.74) is 0.757. The summed E-state index contributed by atoms with van der Waals surface area (Å²) in [6, 6.07) is 7.47. The zero-order chi connectivity index (χ0) is 15.2. The summed E-state index contributed by atoms with van der Waals surface area (Å²) in [6.45, 7) is 1.42. The fourth-order valence-electron chi connectivity index (χ4n) is 2.69. The number of benzene rings is 1.